The molecule has 2 heterocycles. The molecule has 0 spiro atoms. The van der Waals surface area contributed by atoms with E-state index in [1.807, 2.05) is 19.1 Å². The molecule has 4 nitrogen and oxygen atoms in total. The van der Waals surface area contributed by atoms with Gasteiger partial charge in [0, 0.05) is 40.7 Å². The standard InChI is InChI=1S/C19H24N2O2/c1-11-10-14(12-6-5-7-15(22-4)16(12)20-11)21-17-13-8-9-23-18(13)19(17,2)3/h5-7,10,13,17-18H,8-9H2,1-4H3,(H,20,21). The molecule has 0 bridgehead atoms. The van der Waals surface area contributed by atoms with Crippen molar-refractivity contribution in [2.75, 3.05) is 19.0 Å². The van der Waals surface area contributed by atoms with Crippen LogP contribution in [0.3, 0.4) is 0 Å². The summed E-state index contributed by atoms with van der Waals surface area (Å²) >= 11 is 0. The highest BCUT2D eigenvalue weighted by Gasteiger charge is 2.59. The molecule has 0 amide bonds. The molecule has 23 heavy (non-hydrogen) atoms. The van der Waals surface area contributed by atoms with Crippen LogP contribution < -0.4 is 10.1 Å². The van der Waals surface area contributed by atoms with Crippen molar-refractivity contribution < 1.29 is 9.47 Å². The molecular weight excluding hydrogens is 288 g/mol. The Labute approximate surface area is 137 Å². The van der Waals surface area contributed by atoms with Gasteiger partial charge in [-0.25, -0.2) is 4.98 Å². The van der Waals surface area contributed by atoms with Gasteiger partial charge in [0.2, 0.25) is 0 Å². The number of fused-ring (bicyclic) bond motifs is 2. The fourth-order valence-electron chi connectivity index (χ4n) is 4.42. The third-order valence-corrected chi connectivity index (χ3v) is 5.56. The van der Waals surface area contributed by atoms with E-state index in [4.69, 9.17) is 9.47 Å². The van der Waals surface area contributed by atoms with Crippen LogP contribution >= 0.6 is 0 Å². The molecule has 122 valence electrons. The zero-order valence-corrected chi connectivity index (χ0v) is 14.2. The average Bonchev–Trinajstić information content (AvgIpc) is 2.98. The van der Waals surface area contributed by atoms with Gasteiger partial charge in [-0.15, -0.1) is 0 Å². The lowest BCUT2D eigenvalue weighted by Crippen LogP contribution is -2.63. The fraction of sp³-hybridized carbons (Fsp3) is 0.526. The van der Waals surface area contributed by atoms with Gasteiger partial charge in [-0.2, -0.15) is 0 Å². The monoisotopic (exact) mass is 312 g/mol. The van der Waals surface area contributed by atoms with Crippen LogP contribution in [0, 0.1) is 18.3 Å². The van der Waals surface area contributed by atoms with E-state index in [0.29, 0.717) is 18.1 Å². The molecule has 3 unspecified atom stereocenters. The summed E-state index contributed by atoms with van der Waals surface area (Å²) in [6, 6.07) is 8.68. The average molecular weight is 312 g/mol. The molecule has 0 radical (unpaired) electrons. The minimum Gasteiger partial charge on any atom is -0.494 e. The zero-order chi connectivity index (χ0) is 16.2. The van der Waals surface area contributed by atoms with Crippen LogP contribution in [0.5, 0.6) is 5.75 Å². The number of anilines is 1. The molecule has 1 saturated heterocycles. The third-order valence-electron chi connectivity index (χ3n) is 5.56. The van der Waals surface area contributed by atoms with E-state index in [2.05, 4.69) is 36.3 Å². The molecule has 2 aromatic rings. The molecule has 1 aliphatic carbocycles. The first-order chi connectivity index (χ1) is 11.0. The number of hydrogen-bond acceptors (Lipinski definition) is 4. The quantitative estimate of drug-likeness (QED) is 0.937. The molecule has 3 atom stereocenters. The van der Waals surface area contributed by atoms with Gasteiger partial charge < -0.3 is 14.8 Å². The molecule has 1 aliphatic heterocycles. The third kappa shape index (κ3) is 2.12. The molecule has 4 heteroatoms. The maximum Gasteiger partial charge on any atom is 0.145 e. The van der Waals surface area contributed by atoms with Crippen molar-refractivity contribution in [3.63, 3.8) is 0 Å². The second-order valence-corrected chi connectivity index (χ2v) is 7.35. The second-order valence-electron chi connectivity index (χ2n) is 7.35. The Kier molecular flexibility index (Phi) is 3.27. The number of para-hydroxylation sites is 1. The minimum absolute atomic E-state index is 0.156. The van der Waals surface area contributed by atoms with Crippen LogP contribution in [0.15, 0.2) is 24.3 Å². The van der Waals surface area contributed by atoms with E-state index in [1.165, 1.54) is 0 Å². The summed E-state index contributed by atoms with van der Waals surface area (Å²) in [4.78, 5) is 4.67. The topological polar surface area (TPSA) is 43.4 Å². The van der Waals surface area contributed by atoms with Crippen molar-refractivity contribution in [1.82, 2.24) is 4.98 Å². The lowest BCUT2D eigenvalue weighted by atomic mass is 9.57. The number of aryl methyl sites for hydroxylation is 1. The van der Waals surface area contributed by atoms with Crippen LogP contribution in [0.2, 0.25) is 0 Å². The Morgan fingerprint density at radius 1 is 1.35 bits per heavy atom. The van der Waals surface area contributed by atoms with E-state index in [1.54, 1.807) is 7.11 Å². The maximum absolute atomic E-state index is 5.91. The number of methoxy groups -OCH3 is 1. The van der Waals surface area contributed by atoms with Crippen molar-refractivity contribution in [3.8, 4) is 5.75 Å². The summed E-state index contributed by atoms with van der Waals surface area (Å²) < 4.78 is 11.4. The predicted molar refractivity (Wildman–Crippen MR) is 92.1 cm³/mol. The summed E-state index contributed by atoms with van der Waals surface area (Å²) in [7, 11) is 1.70. The van der Waals surface area contributed by atoms with Crippen LogP contribution in [-0.2, 0) is 4.74 Å². The first-order valence-corrected chi connectivity index (χ1v) is 8.35. The van der Waals surface area contributed by atoms with Gasteiger partial charge in [-0.05, 0) is 25.5 Å². The van der Waals surface area contributed by atoms with Gasteiger partial charge in [0.1, 0.15) is 11.3 Å². The lowest BCUT2D eigenvalue weighted by molar-refractivity contribution is -0.0922. The molecule has 2 aliphatic rings. The highest BCUT2D eigenvalue weighted by atomic mass is 16.5. The van der Waals surface area contributed by atoms with Gasteiger partial charge in [0.15, 0.2) is 0 Å². The number of aromatic nitrogens is 1. The van der Waals surface area contributed by atoms with Gasteiger partial charge in [-0.3, -0.25) is 0 Å². The second kappa shape index (κ2) is 5.10. The van der Waals surface area contributed by atoms with Crippen LogP contribution in [0.25, 0.3) is 10.9 Å². The Bertz CT molecular complexity index is 756. The Balaban J connectivity index is 1.75. The lowest BCUT2D eigenvalue weighted by Gasteiger charge is -2.55. The van der Waals surface area contributed by atoms with E-state index >= 15 is 0 Å². The molecule has 1 aromatic carbocycles. The molecule has 2 fully saturated rings. The number of nitrogens with one attached hydrogen (secondary N) is 1. The number of pyridine rings is 1. The van der Waals surface area contributed by atoms with Gasteiger partial charge in [-0.1, -0.05) is 26.0 Å². The fourth-order valence-corrected chi connectivity index (χ4v) is 4.42. The van der Waals surface area contributed by atoms with Crippen LogP contribution in [-0.4, -0.2) is 30.8 Å². The van der Waals surface area contributed by atoms with E-state index in [0.717, 1.165) is 41.1 Å². The minimum atomic E-state index is 0.156. The number of benzene rings is 1. The van der Waals surface area contributed by atoms with Crippen LogP contribution in [0.1, 0.15) is 26.0 Å². The highest BCUT2D eigenvalue weighted by molar-refractivity contribution is 5.95. The number of nitrogens with zero attached hydrogens (tertiary/aromatic N) is 1. The Hall–Kier alpha value is -1.81. The van der Waals surface area contributed by atoms with Crippen molar-refractivity contribution in [2.24, 2.45) is 11.3 Å². The summed E-state index contributed by atoms with van der Waals surface area (Å²) in [5, 5.41) is 4.92. The summed E-state index contributed by atoms with van der Waals surface area (Å²) in [5.74, 6) is 1.43. The van der Waals surface area contributed by atoms with E-state index in [-0.39, 0.29) is 5.41 Å². The first-order valence-electron chi connectivity index (χ1n) is 8.35. The van der Waals surface area contributed by atoms with Crippen molar-refractivity contribution in [1.29, 1.82) is 0 Å². The Morgan fingerprint density at radius 3 is 2.96 bits per heavy atom. The van der Waals surface area contributed by atoms with Crippen LogP contribution in [0.4, 0.5) is 5.69 Å². The van der Waals surface area contributed by atoms with Gasteiger partial charge in [0.25, 0.3) is 0 Å². The number of hydrogen-bond donors (Lipinski definition) is 1. The van der Waals surface area contributed by atoms with E-state index in [9.17, 15) is 0 Å². The highest BCUT2D eigenvalue weighted by Crippen LogP contribution is 2.53. The summed E-state index contributed by atoms with van der Waals surface area (Å²) in [5.41, 5.74) is 3.23. The summed E-state index contributed by atoms with van der Waals surface area (Å²) in [6.07, 6.45) is 1.54. The van der Waals surface area contributed by atoms with Gasteiger partial charge in [0.05, 0.1) is 13.2 Å². The first kappa shape index (κ1) is 14.8. The van der Waals surface area contributed by atoms with Crippen molar-refractivity contribution in [2.45, 2.75) is 39.3 Å². The Morgan fingerprint density at radius 2 is 2.17 bits per heavy atom. The largest absolute Gasteiger partial charge is 0.494 e. The SMILES string of the molecule is COc1cccc2c(NC3C4CCOC4C3(C)C)cc(C)nc12. The molecule has 4 rings (SSSR count). The molecule has 1 saturated carbocycles. The molecule has 1 N–H and O–H groups in total. The smallest absolute Gasteiger partial charge is 0.145 e. The van der Waals surface area contributed by atoms with Gasteiger partial charge >= 0.3 is 0 Å². The molecule has 1 aromatic heterocycles. The molecular formula is C19H24N2O2. The number of ether oxygens (including phenoxy) is 2. The van der Waals surface area contributed by atoms with Crippen molar-refractivity contribution >= 4 is 16.6 Å². The van der Waals surface area contributed by atoms with E-state index < -0.39 is 0 Å². The number of rotatable bonds is 3. The normalized spacial score (nSPS) is 28.3. The van der Waals surface area contributed by atoms with Crippen molar-refractivity contribution in [3.05, 3.63) is 30.0 Å². The maximum atomic E-state index is 5.91. The predicted octanol–water partition coefficient (Wildman–Crippen LogP) is 3.78. The zero-order valence-electron chi connectivity index (χ0n) is 14.2. The summed E-state index contributed by atoms with van der Waals surface area (Å²) in [6.45, 7) is 7.52.